The van der Waals surface area contributed by atoms with Gasteiger partial charge < -0.3 is 9.84 Å². The third-order valence-corrected chi connectivity index (χ3v) is 1.71. The van der Waals surface area contributed by atoms with Crippen LogP contribution < -0.4 is 4.74 Å². The largest absolute Gasteiger partial charge is 0 e. The number of ether oxygens (including phenoxy) is 1. The number of methoxy groups -OCH3 is 1. The second-order valence-corrected chi connectivity index (χ2v) is 2.86. The first-order valence-corrected chi connectivity index (χ1v) is 4.65. The van der Waals surface area contributed by atoms with Crippen molar-refractivity contribution in [2.24, 2.45) is 0 Å². The Hall–Kier alpha value is -1.27. The minimum Gasteiger partial charge on any atom is 0 e. The van der Waals surface area contributed by atoms with Crippen molar-refractivity contribution in [1.29, 1.82) is 0 Å². The van der Waals surface area contributed by atoms with Crippen LogP contribution >= 0.6 is 0 Å². The molecule has 1 rings (SSSR count). The molecule has 1 atom stereocenters. The van der Waals surface area contributed by atoms with E-state index in [1.54, 1.807) is 14.0 Å². The predicted molar refractivity (Wildman–Crippen MR) is 60.2 cm³/mol. The number of para-hydroxylation sites is 1. The molecule has 19 heavy (non-hydrogen) atoms. The number of benzene rings is 1. The first kappa shape index (κ1) is 26.3. The Morgan fingerprint density at radius 2 is 1.53 bits per heavy atom. The van der Waals surface area contributed by atoms with Crippen molar-refractivity contribution < 1.29 is 41.2 Å². The van der Waals surface area contributed by atoms with E-state index in [0.29, 0.717) is 6.42 Å². The number of hydrogen-bond acceptors (Lipinski definition) is 2. The zero-order valence-electron chi connectivity index (χ0n) is 10.6. The van der Waals surface area contributed by atoms with Crippen molar-refractivity contribution in [1.82, 2.24) is 0 Å². The first-order valence-electron chi connectivity index (χ1n) is 4.65. The summed E-state index contributed by atoms with van der Waals surface area (Å²) < 4.78 is 27.6. The maximum absolute atomic E-state index is 9.17. The second-order valence-electron chi connectivity index (χ2n) is 2.86. The van der Waals surface area contributed by atoms with Gasteiger partial charge in [-0.3, -0.25) is 0 Å². The van der Waals surface area contributed by atoms with Gasteiger partial charge in [-0.15, -0.1) is 0 Å². The van der Waals surface area contributed by atoms with E-state index in [4.69, 9.17) is 18.7 Å². The third-order valence-electron chi connectivity index (χ3n) is 1.71. The molecule has 1 N–H and O–H groups in total. The fourth-order valence-electron chi connectivity index (χ4n) is 1.19. The molecule has 0 aliphatic rings. The smallest absolute Gasteiger partial charge is 0 e. The summed E-state index contributed by atoms with van der Waals surface area (Å²) >= 11 is 0. The number of hydrogen-bond donors (Lipinski definition) is 1. The summed E-state index contributed by atoms with van der Waals surface area (Å²) in [5, 5.41) is 9.17. The minimum absolute atomic E-state index is 0. The molecule has 0 spiro atoms. The van der Waals surface area contributed by atoms with E-state index in [0.717, 1.165) is 11.3 Å². The molecule has 0 amide bonds. The van der Waals surface area contributed by atoms with Crippen LogP contribution in [0.2, 0.25) is 0 Å². The monoisotopic (exact) mass is 302 g/mol. The van der Waals surface area contributed by atoms with Crippen LogP contribution in [0.15, 0.2) is 24.3 Å². The van der Waals surface area contributed by atoms with Crippen LogP contribution in [-0.2, 0) is 37.7 Å². The summed E-state index contributed by atoms with van der Waals surface area (Å²) in [7, 11) is 1.64. The molecular weight excluding hydrogens is 288 g/mol. The standard InChI is InChI=1S/C10H14O2.3CO.Cr/c1-8(11)7-9-5-3-4-6-10(9)12-2;3*1-2;/h3-6,8,11H,7H2,1-2H3;;;;. The SMILES string of the molecule is COc1ccccc1CC(C)O.[C-]#[O+].[C-]#[O+].[C-]#[O+].[Cr]. The Morgan fingerprint density at radius 3 is 1.89 bits per heavy atom. The van der Waals surface area contributed by atoms with E-state index in [9.17, 15) is 5.11 Å². The van der Waals surface area contributed by atoms with Gasteiger partial charge in [-0.1, -0.05) is 18.2 Å². The van der Waals surface area contributed by atoms with Gasteiger partial charge in [0.2, 0.25) is 0 Å². The fraction of sp³-hybridized carbons (Fsp3) is 0.308. The number of aliphatic hydroxyl groups excluding tert-OH is 1. The molecule has 0 aromatic heterocycles. The van der Waals surface area contributed by atoms with E-state index in [2.05, 4.69) is 20.0 Å². The molecule has 0 saturated heterocycles. The average Bonchev–Trinajstić information content (AvgIpc) is 2.45. The van der Waals surface area contributed by atoms with Crippen LogP contribution in [0.3, 0.4) is 0 Å². The van der Waals surface area contributed by atoms with Crippen molar-refractivity contribution in [3.05, 3.63) is 49.8 Å². The van der Waals surface area contributed by atoms with Gasteiger partial charge in [0, 0.05) is 23.8 Å². The molecule has 5 nitrogen and oxygen atoms in total. The molecule has 0 aliphatic carbocycles. The van der Waals surface area contributed by atoms with Gasteiger partial charge in [0.25, 0.3) is 0 Å². The summed E-state index contributed by atoms with van der Waals surface area (Å²) in [5.74, 6) is 0.846. The zero-order chi connectivity index (χ0) is 15.0. The van der Waals surface area contributed by atoms with E-state index >= 15 is 0 Å². The molecule has 0 bridgehead atoms. The second kappa shape index (κ2) is 22.0. The van der Waals surface area contributed by atoms with Gasteiger partial charge in [0.05, 0.1) is 13.2 Å². The summed E-state index contributed by atoms with van der Waals surface area (Å²) in [6.45, 7) is 15.3. The third kappa shape index (κ3) is 14.7. The van der Waals surface area contributed by atoms with E-state index in [1.165, 1.54) is 0 Å². The van der Waals surface area contributed by atoms with E-state index in [1.807, 2.05) is 24.3 Å². The molecule has 1 aromatic carbocycles. The summed E-state index contributed by atoms with van der Waals surface area (Å²) in [5.41, 5.74) is 1.05. The number of rotatable bonds is 3. The van der Waals surface area contributed by atoms with Crippen LogP contribution in [-0.4, -0.2) is 18.3 Å². The average molecular weight is 302 g/mol. The fourth-order valence-corrected chi connectivity index (χ4v) is 1.19. The Morgan fingerprint density at radius 1 is 1.11 bits per heavy atom. The molecular formula is C13H14CrO5. The van der Waals surface area contributed by atoms with Crippen LogP contribution in [0.4, 0.5) is 0 Å². The molecule has 0 aliphatic heterocycles. The van der Waals surface area contributed by atoms with Crippen LogP contribution in [0, 0.1) is 20.0 Å². The Bertz CT molecular complexity index is 343. The minimum atomic E-state index is -0.318. The molecule has 0 heterocycles. The molecule has 0 fully saturated rings. The van der Waals surface area contributed by atoms with Crippen LogP contribution in [0.5, 0.6) is 5.75 Å². The van der Waals surface area contributed by atoms with E-state index < -0.39 is 0 Å². The molecule has 102 valence electrons. The summed E-state index contributed by atoms with van der Waals surface area (Å²) in [4.78, 5) is 0. The Balaban J connectivity index is -0.000000142. The normalized spacial score (nSPS) is 8.26. The van der Waals surface area contributed by atoms with E-state index in [-0.39, 0.29) is 23.5 Å². The Kier molecular flexibility index (Phi) is 30.4. The van der Waals surface area contributed by atoms with Crippen molar-refractivity contribution in [2.45, 2.75) is 19.4 Å². The van der Waals surface area contributed by atoms with Crippen LogP contribution in [0.25, 0.3) is 0 Å². The first-order chi connectivity index (χ1) is 8.74. The zero-order valence-corrected chi connectivity index (χ0v) is 11.9. The summed E-state index contributed by atoms with van der Waals surface area (Å²) in [6.07, 6.45) is 0.325. The van der Waals surface area contributed by atoms with Crippen molar-refractivity contribution in [3.8, 4) is 5.75 Å². The topological polar surface area (TPSA) is 89.2 Å². The molecule has 1 unspecified atom stereocenters. The molecule has 1 aromatic rings. The molecule has 6 heteroatoms. The maximum Gasteiger partial charge on any atom is 0 e. The maximum atomic E-state index is 9.17. The Labute approximate surface area is 123 Å². The van der Waals surface area contributed by atoms with Gasteiger partial charge in [-0.2, -0.15) is 0 Å². The van der Waals surface area contributed by atoms with Gasteiger partial charge >= 0.3 is 33.9 Å². The van der Waals surface area contributed by atoms with Crippen molar-refractivity contribution >= 4 is 0 Å². The number of aliphatic hydroxyl groups is 1. The summed E-state index contributed by atoms with van der Waals surface area (Å²) in [6, 6.07) is 7.73. The van der Waals surface area contributed by atoms with Crippen molar-refractivity contribution in [3.63, 3.8) is 0 Å². The van der Waals surface area contributed by atoms with Gasteiger partial charge in [-0.25, -0.2) is 0 Å². The van der Waals surface area contributed by atoms with Crippen LogP contribution in [0.1, 0.15) is 12.5 Å². The van der Waals surface area contributed by atoms with Gasteiger partial charge in [0.1, 0.15) is 5.75 Å². The quantitative estimate of drug-likeness (QED) is 0.677. The van der Waals surface area contributed by atoms with Crippen molar-refractivity contribution in [2.75, 3.05) is 7.11 Å². The molecule has 0 saturated carbocycles. The van der Waals surface area contributed by atoms with Gasteiger partial charge in [0.15, 0.2) is 0 Å². The molecule has 0 radical (unpaired) electrons. The predicted octanol–water partition coefficient (Wildman–Crippen LogP) is 1.50. The van der Waals surface area contributed by atoms with Gasteiger partial charge in [-0.05, 0) is 18.6 Å².